The third kappa shape index (κ3) is 3.22. The minimum atomic E-state index is -1.46. The molecule has 1 aliphatic carbocycles. The molecule has 1 aromatic rings. The van der Waals surface area contributed by atoms with Crippen molar-refractivity contribution in [3.8, 4) is 0 Å². The molecule has 0 saturated heterocycles. The number of carbonyl (C=O) groups is 1. The fourth-order valence-electron chi connectivity index (χ4n) is 2.56. The van der Waals surface area contributed by atoms with E-state index in [-0.39, 0.29) is 5.69 Å². The topological polar surface area (TPSA) is 49.3 Å². The van der Waals surface area contributed by atoms with Gasteiger partial charge in [-0.05, 0) is 24.5 Å². The number of aromatic carboxylic acids is 1. The highest BCUT2D eigenvalue weighted by atomic mass is 19.2. The number of anilines is 1. The lowest BCUT2D eigenvalue weighted by Gasteiger charge is -2.12. The van der Waals surface area contributed by atoms with Gasteiger partial charge >= 0.3 is 5.97 Å². The van der Waals surface area contributed by atoms with Crippen molar-refractivity contribution in [1.82, 2.24) is 0 Å². The zero-order valence-corrected chi connectivity index (χ0v) is 10.6. The van der Waals surface area contributed by atoms with Crippen LogP contribution in [0.25, 0.3) is 0 Å². The van der Waals surface area contributed by atoms with Crippen LogP contribution in [0.4, 0.5) is 14.5 Å². The summed E-state index contributed by atoms with van der Waals surface area (Å²) < 4.78 is 27.1. The lowest BCUT2D eigenvalue weighted by Crippen LogP contribution is -2.10. The standard InChI is InChI=1S/C14H17F2NO2/c15-12-10(14(18)19)5-6-11(13(12)16)17-8-7-9-3-1-2-4-9/h5-6,9,17H,1-4,7-8H2,(H,18,19). The molecule has 104 valence electrons. The summed E-state index contributed by atoms with van der Waals surface area (Å²) in [4.78, 5) is 10.6. The lowest BCUT2D eigenvalue weighted by molar-refractivity contribution is 0.0690. The van der Waals surface area contributed by atoms with Crippen molar-refractivity contribution in [3.05, 3.63) is 29.3 Å². The Kier molecular flexibility index (Phi) is 4.35. The van der Waals surface area contributed by atoms with Crippen LogP contribution in [0, 0.1) is 17.6 Å². The number of carboxylic acid groups (broad SMARTS) is 1. The second-order valence-electron chi connectivity index (χ2n) is 4.96. The Labute approximate surface area is 110 Å². The summed E-state index contributed by atoms with van der Waals surface area (Å²) in [5, 5.41) is 11.5. The van der Waals surface area contributed by atoms with Gasteiger partial charge in [-0.2, -0.15) is 0 Å². The van der Waals surface area contributed by atoms with Crippen molar-refractivity contribution in [2.75, 3.05) is 11.9 Å². The maximum Gasteiger partial charge on any atom is 0.338 e. The van der Waals surface area contributed by atoms with Crippen LogP contribution in [-0.2, 0) is 0 Å². The average Bonchev–Trinajstić information content (AvgIpc) is 2.87. The highest BCUT2D eigenvalue weighted by Gasteiger charge is 2.18. The van der Waals surface area contributed by atoms with Gasteiger partial charge in [0.2, 0.25) is 0 Å². The molecule has 1 fully saturated rings. The van der Waals surface area contributed by atoms with Gasteiger partial charge in [-0.25, -0.2) is 13.6 Å². The summed E-state index contributed by atoms with van der Waals surface area (Å²) in [6.45, 7) is 0.577. The first kappa shape index (κ1) is 13.8. The molecule has 1 aliphatic rings. The van der Waals surface area contributed by atoms with E-state index in [4.69, 9.17) is 5.11 Å². The van der Waals surface area contributed by atoms with E-state index in [1.807, 2.05) is 0 Å². The first-order chi connectivity index (χ1) is 9.09. The third-order valence-electron chi connectivity index (χ3n) is 3.66. The second-order valence-corrected chi connectivity index (χ2v) is 4.96. The molecule has 0 unspecified atom stereocenters. The van der Waals surface area contributed by atoms with Gasteiger partial charge in [0.05, 0.1) is 11.3 Å². The summed E-state index contributed by atoms with van der Waals surface area (Å²) in [7, 11) is 0. The average molecular weight is 269 g/mol. The number of nitrogens with one attached hydrogen (secondary N) is 1. The molecule has 1 aromatic carbocycles. The maximum absolute atomic E-state index is 13.6. The van der Waals surface area contributed by atoms with E-state index < -0.39 is 23.2 Å². The third-order valence-corrected chi connectivity index (χ3v) is 3.66. The Hall–Kier alpha value is -1.65. The quantitative estimate of drug-likeness (QED) is 0.857. The van der Waals surface area contributed by atoms with E-state index in [0.29, 0.717) is 12.5 Å². The normalized spacial score (nSPS) is 15.7. The molecule has 0 aromatic heterocycles. The van der Waals surface area contributed by atoms with Crippen molar-refractivity contribution < 1.29 is 18.7 Å². The van der Waals surface area contributed by atoms with E-state index in [1.54, 1.807) is 0 Å². The van der Waals surface area contributed by atoms with Crippen LogP contribution in [-0.4, -0.2) is 17.6 Å². The molecular weight excluding hydrogens is 252 g/mol. The van der Waals surface area contributed by atoms with Crippen LogP contribution in [0.5, 0.6) is 0 Å². The van der Waals surface area contributed by atoms with Crippen LogP contribution in [0.15, 0.2) is 12.1 Å². The molecule has 3 nitrogen and oxygen atoms in total. The van der Waals surface area contributed by atoms with Gasteiger partial charge in [0.1, 0.15) is 0 Å². The van der Waals surface area contributed by atoms with Crippen molar-refractivity contribution in [2.45, 2.75) is 32.1 Å². The van der Waals surface area contributed by atoms with Gasteiger partial charge in [0.25, 0.3) is 0 Å². The molecule has 0 atom stereocenters. The summed E-state index contributed by atoms with van der Waals surface area (Å²) in [5.41, 5.74) is -0.612. The van der Waals surface area contributed by atoms with Crippen LogP contribution in [0.2, 0.25) is 0 Å². The van der Waals surface area contributed by atoms with Gasteiger partial charge in [-0.15, -0.1) is 0 Å². The monoisotopic (exact) mass is 269 g/mol. The van der Waals surface area contributed by atoms with Crippen LogP contribution >= 0.6 is 0 Å². The van der Waals surface area contributed by atoms with Gasteiger partial charge in [-0.1, -0.05) is 25.7 Å². The van der Waals surface area contributed by atoms with Crippen LogP contribution in [0.3, 0.4) is 0 Å². The minimum Gasteiger partial charge on any atom is -0.478 e. The van der Waals surface area contributed by atoms with E-state index in [1.165, 1.54) is 31.7 Å². The smallest absolute Gasteiger partial charge is 0.338 e. The molecule has 0 bridgehead atoms. The van der Waals surface area contributed by atoms with Crippen LogP contribution < -0.4 is 5.32 Å². The predicted molar refractivity (Wildman–Crippen MR) is 68.4 cm³/mol. The molecule has 2 rings (SSSR count). The summed E-state index contributed by atoms with van der Waals surface area (Å²) in [6, 6.07) is 2.36. The van der Waals surface area contributed by atoms with Crippen LogP contribution in [0.1, 0.15) is 42.5 Å². The molecule has 0 radical (unpaired) electrons. The SMILES string of the molecule is O=C(O)c1ccc(NCCC2CCCC2)c(F)c1F. The zero-order chi connectivity index (χ0) is 13.8. The molecule has 0 amide bonds. The van der Waals surface area contributed by atoms with Crippen molar-refractivity contribution >= 4 is 11.7 Å². The van der Waals surface area contributed by atoms with Crippen molar-refractivity contribution in [2.24, 2.45) is 5.92 Å². The largest absolute Gasteiger partial charge is 0.478 e. The van der Waals surface area contributed by atoms with E-state index in [9.17, 15) is 13.6 Å². The number of carboxylic acids is 1. The van der Waals surface area contributed by atoms with Gasteiger partial charge in [0, 0.05) is 6.54 Å². The molecule has 0 heterocycles. The van der Waals surface area contributed by atoms with Gasteiger partial charge < -0.3 is 10.4 Å². The highest BCUT2D eigenvalue weighted by molar-refractivity contribution is 5.88. The molecule has 2 N–H and O–H groups in total. The minimum absolute atomic E-state index is 0.0282. The van der Waals surface area contributed by atoms with Crippen molar-refractivity contribution in [3.63, 3.8) is 0 Å². The summed E-state index contributed by atoms with van der Waals surface area (Å²) in [5.74, 6) is -3.22. The van der Waals surface area contributed by atoms with Gasteiger partial charge in [0.15, 0.2) is 11.6 Å². The Morgan fingerprint density at radius 2 is 1.95 bits per heavy atom. The van der Waals surface area contributed by atoms with Crippen molar-refractivity contribution in [1.29, 1.82) is 0 Å². The first-order valence-corrected chi connectivity index (χ1v) is 6.54. The number of hydrogen-bond acceptors (Lipinski definition) is 2. The summed E-state index contributed by atoms with van der Waals surface area (Å²) in [6.07, 6.45) is 5.84. The lowest BCUT2D eigenvalue weighted by atomic mass is 10.0. The fraction of sp³-hybridized carbons (Fsp3) is 0.500. The maximum atomic E-state index is 13.6. The molecule has 1 saturated carbocycles. The summed E-state index contributed by atoms with van der Waals surface area (Å²) >= 11 is 0. The Bertz CT molecular complexity index is 471. The number of benzene rings is 1. The highest BCUT2D eigenvalue weighted by Crippen LogP contribution is 2.28. The van der Waals surface area contributed by atoms with Gasteiger partial charge in [-0.3, -0.25) is 0 Å². The first-order valence-electron chi connectivity index (χ1n) is 6.54. The molecular formula is C14H17F2NO2. The number of hydrogen-bond donors (Lipinski definition) is 2. The predicted octanol–water partition coefficient (Wildman–Crippen LogP) is 3.66. The number of halogens is 2. The van der Waals surface area contributed by atoms with E-state index in [0.717, 1.165) is 12.5 Å². The molecule has 0 aliphatic heterocycles. The fourth-order valence-corrected chi connectivity index (χ4v) is 2.56. The second kappa shape index (κ2) is 5.99. The van der Waals surface area contributed by atoms with E-state index >= 15 is 0 Å². The number of rotatable bonds is 5. The molecule has 5 heteroatoms. The molecule has 0 spiro atoms. The Morgan fingerprint density at radius 1 is 1.26 bits per heavy atom. The zero-order valence-electron chi connectivity index (χ0n) is 10.6. The van der Waals surface area contributed by atoms with E-state index in [2.05, 4.69) is 5.32 Å². The Balaban J connectivity index is 1.96. The molecule has 19 heavy (non-hydrogen) atoms. The Morgan fingerprint density at radius 3 is 2.58 bits per heavy atom.